The number of esters is 1. The van der Waals surface area contributed by atoms with E-state index in [2.05, 4.69) is 6.92 Å². The molecule has 1 rings (SSSR count). The maximum absolute atomic E-state index is 12.4. The minimum absolute atomic E-state index is 0.00107. The zero-order valence-electron chi connectivity index (χ0n) is 13.6. The van der Waals surface area contributed by atoms with Crippen LogP contribution < -0.4 is 0 Å². The minimum atomic E-state index is -1.20. The summed E-state index contributed by atoms with van der Waals surface area (Å²) in [7, 11) is 0. The van der Waals surface area contributed by atoms with Gasteiger partial charge in [-0.15, -0.1) is 0 Å². The number of hydrogen-bond acceptors (Lipinski definition) is 4. The molecule has 1 unspecified atom stereocenters. The predicted octanol–water partition coefficient (Wildman–Crippen LogP) is 2.18. The van der Waals surface area contributed by atoms with Crippen LogP contribution in [0.3, 0.4) is 0 Å². The van der Waals surface area contributed by atoms with E-state index in [0.717, 1.165) is 19.3 Å². The average molecular weight is 297 g/mol. The quantitative estimate of drug-likeness (QED) is 0.557. The van der Waals surface area contributed by atoms with Crippen LogP contribution in [0, 0.1) is 11.3 Å². The molecule has 0 spiro atoms. The molecular weight excluding hydrogens is 270 g/mol. The summed E-state index contributed by atoms with van der Waals surface area (Å²) in [5, 5.41) is 0. The lowest BCUT2D eigenvalue weighted by Gasteiger charge is -2.26. The van der Waals surface area contributed by atoms with Crippen molar-refractivity contribution in [2.75, 3.05) is 19.7 Å². The van der Waals surface area contributed by atoms with Crippen molar-refractivity contribution in [3.05, 3.63) is 0 Å². The van der Waals surface area contributed by atoms with Gasteiger partial charge in [0.25, 0.3) is 0 Å². The number of Topliss-reactive ketones (excluding diaryl/α,β-unsaturated/α-hetero) is 1. The highest BCUT2D eigenvalue weighted by Gasteiger charge is 2.38. The van der Waals surface area contributed by atoms with Crippen molar-refractivity contribution in [3.8, 4) is 0 Å². The van der Waals surface area contributed by atoms with E-state index < -0.39 is 11.4 Å². The first-order chi connectivity index (χ1) is 9.82. The monoisotopic (exact) mass is 297 g/mol. The largest absolute Gasteiger partial charge is 0.465 e. The van der Waals surface area contributed by atoms with E-state index >= 15 is 0 Å². The van der Waals surface area contributed by atoms with Gasteiger partial charge < -0.3 is 9.64 Å². The van der Waals surface area contributed by atoms with Gasteiger partial charge in [-0.2, -0.15) is 0 Å². The summed E-state index contributed by atoms with van der Waals surface area (Å²) in [5.41, 5.74) is -1.20. The number of carbonyl (C=O) groups excluding carboxylic acids is 3. The smallest absolute Gasteiger partial charge is 0.319 e. The highest BCUT2D eigenvalue weighted by atomic mass is 16.5. The third-order valence-electron chi connectivity index (χ3n) is 4.32. The van der Waals surface area contributed by atoms with Crippen molar-refractivity contribution in [1.29, 1.82) is 0 Å². The Morgan fingerprint density at radius 1 is 1.29 bits per heavy atom. The number of rotatable bonds is 6. The summed E-state index contributed by atoms with van der Waals surface area (Å²) in [5.74, 6) is -0.223. The maximum Gasteiger partial charge on any atom is 0.319 e. The van der Waals surface area contributed by atoms with Gasteiger partial charge in [0.05, 0.1) is 13.2 Å². The topological polar surface area (TPSA) is 63.7 Å². The zero-order valence-corrected chi connectivity index (χ0v) is 13.6. The first kappa shape index (κ1) is 17.7. The van der Waals surface area contributed by atoms with Crippen molar-refractivity contribution in [3.63, 3.8) is 0 Å². The molecule has 0 aromatic heterocycles. The zero-order chi connectivity index (χ0) is 16.0. The normalized spacial score (nSPS) is 20.1. The predicted molar refractivity (Wildman–Crippen MR) is 79.6 cm³/mol. The van der Waals surface area contributed by atoms with Crippen molar-refractivity contribution in [1.82, 2.24) is 4.90 Å². The van der Waals surface area contributed by atoms with Gasteiger partial charge in [0.2, 0.25) is 5.91 Å². The number of ether oxygens (including phenoxy) is 1. The number of carbonyl (C=O) groups is 3. The van der Waals surface area contributed by atoms with Gasteiger partial charge >= 0.3 is 5.97 Å². The van der Waals surface area contributed by atoms with E-state index in [1.165, 1.54) is 0 Å². The van der Waals surface area contributed by atoms with Crippen LogP contribution in [-0.4, -0.2) is 42.3 Å². The maximum atomic E-state index is 12.4. The second-order valence-electron chi connectivity index (χ2n) is 6.19. The lowest BCUT2D eigenvalue weighted by atomic mass is 9.87. The van der Waals surface area contributed by atoms with Crippen molar-refractivity contribution < 1.29 is 19.1 Å². The summed E-state index contributed by atoms with van der Waals surface area (Å²) in [4.78, 5) is 37.9. The molecule has 120 valence electrons. The van der Waals surface area contributed by atoms with Gasteiger partial charge in [-0.1, -0.05) is 13.3 Å². The molecular formula is C16H27NO4. The van der Waals surface area contributed by atoms with Gasteiger partial charge in [0.1, 0.15) is 5.41 Å². The number of ketones is 1. The molecule has 1 heterocycles. The number of amides is 1. The molecule has 0 aliphatic carbocycles. The molecule has 5 nitrogen and oxygen atoms in total. The Bertz CT molecular complexity index is 403. The highest BCUT2D eigenvalue weighted by Crippen LogP contribution is 2.23. The molecule has 0 bridgehead atoms. The Hall–Kier alpha value is -1.39. The molecule has 1 saturated heterocycles. The Morgan fingerprint density at radius 2 is 1.95 bits per heavy atom. The van der Waals surface area contributed by atoms with Crippen LogP contribution in [0.2, 0.25) is 0 Å². The molecule has 0 aromatic rings. The lowest BCUT2D eigenvalue weighted by Crippen LogP contribution is -2.44. The lowest BCUT2D eigenvalue weighted by molar-refractivity contribution is -0.159. The fourth-order valence-corrected chi connectivity index (χ4v) is 2.46. The third kappa shape index (κ3) is 4.55. The number of hydrogen-bond donors (Lipinski definition) is 0. The molecule has 21 heavy (non-hydrogen) atoms. The van der Waals surface area contributed by atoms with Gasteiger partial charge in [-0.3, -0.25) is 14.4 Å². The molecule has 1 aliphatic heterocycles. The molecule has 0 aromatic carbocycles. The molecule has 1 atom stereocenters. The van der Waals surface area contributed by atoms with Gasteiger partial charge in [0.15, 0.2) is 5.78 Å². The fraction of sp³-hybridized carbons (Fsp3) is 0.812. The standard InChI is InChI=1S/C16H27NO4/c1-5-12-7-8-14(19)17(10-9-12)11-13(18)16(3,4)15(20)21-6-2/h12H,5-11H2,1-4H3. The first-order valence-electron chi connectivity index (χ1n) is 7.81. The SMILES string of the molecule is CCOC(=O)C(C)(C)C(=O)CN1CCC(CC)CCC1=O. The van der Waals surface area contributed by atoms with Crippen LogP contribution in [0.25, 0.3) is 0 Å². The van der Waals surface area contributed by atoms with Crippen molar-refractivity contribution in [2.24, 2.45) is 11.3 Å². The van der Waals surface area contributed by atoms with Gasteiger partial charge in [-0.25, -0.2) is 0 Å². The Balaban J connectivity index is 2.68. The van der Waals surface area contributed by atoms with Crippen molar-refractivity contribution >= 4 is 17.7 Å². The van der Waals surface area contributed by atoms with E-state index in [4.69, 9.17) is 4.74 Å². The van der Waals surface area contributed by atoms with Crippen LogP contribution >= 0.6 is 0 Å². The fourth-order valence-electron chi connectivity index (χ4n) is 2.46. The summed E-state index contributed by atoms with van der Waals surface area (Å²) in [6, 6.07) is 0. The second-order valence-corrected chi connectivity index (χ2v) is 6.19. The molecule has 0 saturated carbocycles. The molecule has 1 aliphatic rings. The summed E-state index contributed by atoms with van der Waals surface area (Å²) >= 11 is 0. The molecule has 0 N–H and O–H groups in total. The van der Waals surface area contributed by atoms with Crippen LogP contribution in [0.15, 0.2) is 0 Å². The Kier molecular flexibility index (Phi) is 6.37. The second kappa shape index (κ2) is 7.57. The third-order valence-corrected chi connectivity index (χ3v) is 4.32. The van der Waals surface area contributed by atoms with Crippen LogP contribution in [0.1, 0.15) is 53.4 Å². The van der Waals surface area contributed by atoms with Crippen molar-refractivity contribution in [2.45, 2.75) is 53.4 Å². The van der Waals surface area contributed by atoms with E-state index in [0.29, 0.717) is 18.9 Å². The highest BCUT2D eigenvalue weighted by molar-refractivity contribution is 6.04. The van der Waals surface area contributed by atoms with E-state index in [-0.39, 0.29) is 24.8 Å². The Morgan fingerprint density at radius 3 is 2.52 bits per heavy atom. The van der Waals surface area contributed by atoms with Crippen LogP contribution in [-0.2, 0) is 19.1 Å². The minimum Gasteiger partial charge on any atom is -0.465 e. The molecule has 5 heteroatoms. The average Bonchev–Trinajstić information content (AvgIpc) is 2.61. The van der Waals surface area contributed by atoms with Gasteiger partial charge in [-0.05, 0) is 39.5 Å². The van der Waals surface area contributed by atoms with Gasteiger partial charge in [0, 0.05) is 13.0 Å². The summed E-state index contributed by atoms with van der Waals surface area (Å²) in [6.07, 6.45) is 3.37. The van der Waals surface area contributed by atoms with Crippen LogP contribution in [0.5, 0.6) is 0 Å². The number of likely N-dealkylation sites (tertiary alicyclic amines) is 1. The Labute approximate surface area is 127 Å². The van der Waals surface area contributed by atoms with Crippen LogP contribution in [0.4, 0.5) is 0 Å². The number of nitrogens with zero attached hydrogens (tertiary/aromatic N) is 1. The summed E-state index contributed by atoms with van der Waals surface area (Å²) in [6.45, 7) is 7.80. The molecule has 1 amide bonds. The van der Waals surface area contributed by atoms with E-state index in [9.17, 15) is 14.4 Å². The summed E-state index contributed by atoms with van der Waals surface area (Å²) < 4.78 is 4.94. The first-order valence-corrected chi connectivity index (χ1v) is 7.81. The molecule has 0 radical (unpaired) electrons. The molecule has 1 fully saturated rings. The van der Waals surface area contributed by atoms with E-state index in [1.54, 1.807) is 25.7 Å². The van der Waals surface area contributed by atoms with E-state index in [1.807, 2.05) is 0 Å².